The Morgan fingerprint density at radius 3 is 1.01 bits per heavy atom. The van der Waals surface area contributed by atoms with Crippen molar-refractivity contribution in [3.8, 4) is 0 Å². The molecule has 0 saturated carbocycles. The van der Waals surface area contributed by atoms with Gasteiger partial charge < -0.3 is 27.9 Å². The minimum Gasteiger partial charge on any atom is -0.756 e. The second-order valence-electron chi connectivity index (χ2n) is 24.5. The largest absolute Gasteiger partial charge is 0.756 e. The van der Waals surface area contributed by atoms with Gasteiger partial charge in [-0.2, -0.15) is 0 Å². The molecule has 0 fully saturated rings. The zero-order chi connectivity index (χ0) is 61.2. The lowest BCUT2D eigenvalue weighted by Crippen LogP contribution is -2.37. The molecule has 2 unspecified atom stereocenters. The number of rotatable bonds is 64. The van der Waals surface area contributed by atoms with Crippen LogP contribution in [-0.2, 0) is 32.7 Å². The molecule has 0 rings (SSSR count). The zero-order valence-corrected chi connectivity index (χ0v) is 56.2. The van der Waals surface area contributed by atoms with Gasteiger partial charge in [0.05, 0.1) is 27.7 Å². The first-order valence-corrected chi connectivity index (χ1v) is 36.4. The molecule has 10 heteroatoms. The van der Waals surface area contributed by atoms with Gasteiger partial charge in [0.15, 0.2) is 6.10 Å². The third-order valence-electron chi connectivity index (χ3n) is 15.1. The Hall–Kier alpha value is -3.07. The summed E-state index contributed by atoms with van der Waals surface area (Å²) in [5.41, 5.74) is 0. The monoisotopic (exact) mass is 1190 g/mol. The average Bonchev–Trinajstić information content (AvgIpc) is 3.61. The Kier molecular flexibility index (Phi) is 62.1. The number of hydrogen-bond acceptors (Lipinski definition) is 8. The highest BCUT2D eigenvalue weighted by atomic mass is 31.2. The molecule has 84 heavy (non-hydrogen) atoms. The van der Waals surface area contributed by atoms with Crippen molar-refractivity contribution >= 4 is 19.8 Å². The van der Waals surface area contributed by atoms with Crippen LogP contribution >= 0.6 is 7.82 Å². The number of carbonyl (C=O) groups excluding carboxylic acids is 2. The number of phosphoric ester groups is 1. The predicted octanol–water partition coefficient (Wildman–Crippen LogP) is 22.1. The average molecular weight is 1190 g/mol. The number of hydrogen-bond donors (Lipinski definition) is 0. The van der Waals surface area contributed by atoms with Crippen molar-refractivity contribution in [2.75, 3.05) is 47.5 Å². The number of quaternary nitrogens is 1. The van der Waals surface area contributed by atoms with Crippen molar-refractivity contribution in [2.24, 2.45) is 0 Å². The van der Waals surface area contributed by atoms with E-state index in [-0.39, 0.29) is 32.0 Å². The second-order valence-corrected chi connectivity index (χ2v) is 25.9. The van der Waals surface area contributed by atoms with Crippen LogP contribution in [0.25, 0.3) is 0 Å². The molecule has 0 spiro atoms. The highest BCUT2D eigenvalue weighted by Crippen LogP contribution is 2.38. The summed E-state index contributed by atoms with van der Waals surface area (Å²) in [5, 5.41) is 0. The fourth-order valence-corrected chi connectivity index (χ4v) is 10.5. The molecule has 0 aromatic carbocycles. The van der Waals surface area contributed by atoms with Crippen molar-refractivity contribution in [3.63, 3.8) is 0 Å². The summed E-state index contributed by atoms with van der Waals surface area (Å²) in [4.78, 5) is 38.1. The Bertz CT molecular complexity index is 1740. The Morgan fingerprint density at radius 2 is 0.679 bits per heavy atom. The maximum Gasteiger partial charge on any atom is 0.306 e. The van der Waals surface area contributed by atoms with Gasteiger partial charge >= 0.3 is 11.9 Å². The van der Waals surface area contributed by atoms with Crippen LogP contribution in [0.1, 0.15) is 309 Å². The van der Waals surface area contributed by atoms with E-state index < -0.39 is 26.5 Å². The van der Waals surface area contributed by atoms with Gasteiger partial charge in [-0.1, -0.05) is 297 Å². The normalized spacial score (nSPS) is 13.7. The number of allylic oxidation sites excluding steroid dienone is 16. The number of phosphoric acid groups is 1. The van der Waals surface area contributed by atoms with E-state index in [4.69, 9.17) is 18.5 Å². The highest BCUT2D eigenvalue weighted by Gasteiger charge is 2.22. The SMILES string of the molecule is CC/C=C\C/C=C\C/C=C\C/C=C\C/C=C\C/C=C\CCCCCCCCCCC(=O)OC(COC(=O)CCCCCCCCCCCCCCCCCCCCCCC/C=C\C/C=C\CCCCCCC)COP(=O)([O-])OCC[N+](C)(C)C. The van der Waals surface area contributed by atoms with Gasteiger partial charge in [0.2, 0.25) is 0 Å². The molecular weight excluding hydrogens is 1060 g/mol. The first-order valence-electron chi connectivity index (χ1n) is 34.9. The van der Waals surface area contributed by atoms with Gasteiger partial charge in [0, 0.05) is 12.8 Å². The van der Waals surface area contributed by atoms with E-state index in [1.165, 1.54) is 186 Å². The van der Waals surface area contributed by atoms with Crippen molar-refractivity contribution in [1.82, 2.24) is 0 Å². The minimum atomic E-state index is -4.65. The molecular formula is C74H132NO8P. The van der Waals surface area contributed by atoms with Crippen LogP contribution in [0.2, 0.25) is 0 Å². The molecule has 0 aromatic heterocycles. The number of ether oxygens (including phenoxy) is 2. The maximum atomic E-state index is 12.9. The van der Waals surface area contributed by atoms with E-state index in [2.05, 4.69) is 111 Å². The van der Waals surface area contributed by atoms with E-state index in [0.29, 0.717) is 17.4 Å². The molecule has 0 aromatic rings. The molecule has 0 aliphatic rings. The van der Waals surface area contributed by atoms with Crippen LogP contribution in [0.15, 0.2) is 97.2 Å². The van der Waals surface area contributed by atoms with E-state index in [1.807, 2.05) is 21.1 Å². The molecule has 0 bridgehead atoms. The summed E-state index contributed by atoms with van der Waals surface area (Å²) in [5.74, 6) is -0.836. The van der Waals surface area contributed by atoms with Crippen molar-refractivity contribution in [3.05, 3.63) is 97.2 Å². The third-order valence-corrected chi connectivity index (χ3v) is 16.1. The van der Waals surface area contributed by atoms with Crippen molar-refractivity contribution < 1.29 is 42.1 Å². The molecule has 0 heterocycles. The minimum absolute atomic E-state index is 0.0356. The van der Waals surface area contributed by atoms with Gasteiger partial charge in [-0.15, -0.1) is 0 Å². The van der Waals surface area contributed by atoms with Crippen LogP contribution in [0, 0.1) is 0 Å². The molecule has 486 valence electrons. The molecule has 0 N–H and O–H groups in total. The standard InChI is InChI=1S/C74H132NO8P/c1-6-8-10-12-14-16-18-20-22-24-26-28-30-32-34-35-36-37-38-39-41-42-44-46-48-50-52-54-56-58-60-62-64-66-73(76)80-70-72(71-82-84(78,79)81-69-68-75(3,4)5)83-74(77)67-65-63-61-59-57-55-53-51-49-47-45-43-40-33-31-29-27-25-23-21-19-17-15-13-11-9-7-2/h9,11,15,17-18,20-21,23-24,26-27,29,33,40,45,47,72H,6-8,10,12-14,16,19,22,25,28,30-32,34-39,41-44,46,48-71H2,1-5H3/b11-9-,17-15-,20-18-,23-21-,26-24-,29-27-,40-33-,47-45-. The molecule has 0 saturated heterocycles. The summed E-state index contributed by atoms with van der Waals surface area (Å²) < 4.78 is 34.3. The lowest BCUT2D eigenvalue weighted by Gasteiger charge is -2.28. The summed E-state index contributed by atoms with van der Waals surface area (Å²) in [6, 6.07) is 0. The van der Waals surface area contributed by atoms with Gasteiger partial charge in [-0.25, -0.2) is 0 Å². The number of likely N-dealkylation sites (N-methyl/N-ethyl adjacent to an activating group) is 1. The van der Waals surface area contributed by atoms with E-state index in [1.54, 1.807) is 0 Å². The second kappa shape index (κ2) is 64.4. The molecule has 0 amide bonds. The van der Waals surface area contributed by atoms with Gasteiger partial charge in [-0.05, 0) is 96.3 Å². The van der Waals surface area contributed by atoms with E-state index in [0.717, 1.165) is 89.9 Å². The number of carbonyl (C=O) groups is 2. The van der Waals surface area contributed by atoms with Gasteiger partial charge in [-0.3, -0.25) is 14.2 Å². The van der Waals surface area contributed by atoms with Gasteiger partial charge in [0.25, 0.3) is 7.82 Å². The van der Waals surface area contributed by atoms with Crippen LogP contribution in [0.5, 0.6) is 0 Å². The van der Waals surface area contributed by atoms with E-state index in [9.17, 15) is 19.0 Å². The first-order chi connectivity index (χ1) is 41.0. The number of nitrogens with zero attached hydrogens (tertiary/aromatic N) is 1. The van der Waals surface area contributed by atoms with Crippen LogP contribution in [0.3, 0.4) is 0 Å². The lowest BCUT2D eigenvalue weighted by molar-refractivity contribution is -0.870. The van der Waals surface area contributed by atoms with Crippen molar-refractivity contribution in [1.29, 1.82) is 0 Å². The smallest absolute Gasteiger partial charge is 0.306 e. The van der Waals surface area contributed by atoms with Gasteiger partial charge in [0.1, 0.15) is 19.8 Å². The summed E-state index contributed by atoms with van der Waals surface area (Å²) >= 11 is 0. The maximum absolute atomic E-state index is 12.9. The van der Waals surface area contributed by atoms with Crippen LogP contribution < -0.4 is 4.89 Å². The highest BCUT2D eigenvalue weighted by molar-refractivity contribution is 7.45. The number of unbranched alkanes of at least 4 members (excludes halogenated alkanes) is 34. The summed E-state index contributed by atoms with van der Waals surface area (Å²) in [6.45, 7) is 4.13. The third kappa shape index (κ3) is 68.0. The fraction of sp³-hybridized carbons (Fsp3) is 0.757. The molecule has 0 aliphatic carbocycles. The molecule has 0 radical (unpaired) electrons. The predicted molar refractivity (Wildman–Crippen MR) is 360 cm³/mol. The first kappa shape index (κ1) is 80.9. The quantitative estimate of drug-likeness (QED) is 0.0195. The van der Waals surface area contributed by atoms with Crippen molar-refractivity contribution in [2.45, 2.75) is 315 Å². The lowest BCUT2D eigenvalue weighted by atomic mass is 10.0. The fourth-order valence-electron chi connectivity index (χ4n) is 9.75. The molecule has 2 atom stereocenters. The number of esters is 2. The topological polar surface area (TPSA) is 111 Å². The van der Waals surface area contributed by atoms with Crippen LogP contribution in [0.4, 0.5) is 0 Å². The molecule has 0 aliphatic heterocycles. The Balaban J connectivity index is 4.05. The van der Waals surface area contributed by atoms with Crippen LogP contribution in [-0.4, -0.2) is 70.0 Å². The summed E-state index contributed by atoms with van der Waals surface area (Å²) in [6.07, 6.45) is 89.2. The van der Waals surface area contributed by atoms with E-state index >= 15 is 0 Å². The zero-order valence-electron chi connectivity index (χ0n) is 55.3. The molecule has 9 nitrogen and oxygen atoms in total. The Labute approximate surface area is 519 Å². The summed E-state index contributed by atoms with van der Waals surface area (Å²) in [7, 11) is 1.16. The Morgan fingerprint density at radius 1 is 0.381 bits per heavy atom.